The number of carboxylic acid groups (broad SMARTS) is 1. The molecule has 0 heterocycles. The van der Waals surface area contributed by atoms with Crippen LogP contribution in [0.15, 0.2) is 46.9 Å². The Balaban J connectivity index is 1.73. The zero-order valence-electron chi connectivity index (χ0n) is 14.0. The third-order valence-electron chi connectivity index (χ3n) is 4.39. The number of aryl methyl sites for hydroxylation is 1. The van der Waals surface area contributed by atoms with Crippen molar-refractivity contribution in [1.82, 2.24) is 0 Å². The molecule has 3 nitrogen and oxygen atoms in total. The molecule has 4 heteroatoms. The molecular formula is C21H19BrO3. The van der Waals surface area contributed by atoms with Gasteiger partial charge in [-0.3, -0.25) is 4.79 Å². The van der Waals surface area contributed by atoms with Crippen molar-refractivity contribution < 1.29 is 14.6 Å². The predicted molar refractivity (Wildman–Crippen MR) is 101 cm³/mol. The van der Waals surface area contributed by atoms with Crippen molar-refractivity contribution in [1.29, 1.82) is 0 Å². The van der Waals surface area contributed by atoms with E-state index < -0.39 is 5.97 Å². The van der Waals surface area contributed by atoms with E-state index in [1.54, 1.807) is 6.92 Å². The highest BCUT2D eigenvalue weighted by atomic mass is 79.9. The molecule has 0 spiro atoms. The van der Waals surface area contributed by atoms with E-state index in [0.717, 1.165) is 28.6 Å². The molecule has 1 aliphatic carbocycles. The average Bonchev–Trinajstić information content (AvgIpc) is 2.97. The Kier molecular flexibility index (Phi) is 5.45. The highest BCUT2D eigenvalue weighted by molar-refractivity contribution is 9.10. The van der Waals surface area contributed by atoms with Crippen molar-refractivity contribution in [3.8, 4) is 17.6 Å². The summed E-state index contributed by atoms with van der Waals surface area (Å²) >= 11 is 3.51. The lowest BCUT2D eigenvalue weighted by Crippen LogP contribution is -2.06. The first-order valence-electron chi connectivity index (χ1n) is 8.26. The Morgan fingerprint density at radius 1 is 1.32 bits per heavy atom. The van der Waals surface area contributed by atoms with Gasteiger partial charge in [-0.1, -0.05) is 40.0 Å². The second kappa shape index (κ2) is 7.76. The summed E-state index contributed by atoms with van der Waals surface area (Å²) in [5.74, 6) is 5.44. The van der Waals surface area contributed by atoms with E-state index in [2.05, 4.69) is 39.9 Å². The Hall–Kier alpha value is -2.25. The molecule has 1 unspecified atom stereocenters. The molecule has 0 radical (unpaired) electrons. The summed E-state index contributed by atoms with van der Waals surface area (Å²) in [6, 6.07) is 13.9. The van der Waals surface area contributed by atoms with Crippen LogP contribution in [-0.4, -0.2) is 11.1 Å². The SMILES string of the molecule is CC#CC(CC(=O)O)c1ccc(O[C@@H]2CCc3cc(Br)ccc32)cc1. The molecule has 1 aliphatic rings. The van der Waals surface area contributed by atoms with Crippen molar-refractivity contribution >= 4 is 21.9 Å². The van der Waals surface area contributed by atoms with Crippen LogP contribution in [0.4, 0.5) is 0 Å². The average molecular weight is 399 g/mol. The number of benzene rings is 2. The van der Waals surface area contributed by atoms with Gasteiger partial charge < -0.3 is 9.84 Å². The second-order valence-corrected chi connectivity index (χ2v) is 7.02. The van der Waals surface area contributed by atoms with E-state index in [1.165, 1.54) is 11.1 Å². The molecule has 2 aromatic carbocycles. The van der Waals surface area contributed by atoms with Gasteiger partial charge in [0.25, 0.3) is 0 Å². The molecule has 1 N–H and O–H groups in total. The maximum absolute atomic E-state index is 11.0. The third kappa shape index (κ3) is 4.24. The van der Waals surface area contributed by atoms with Gasteiger partial charge in [0.2, 0.25) is 0 Å². The summed E-state index contributed by atoms with van der Waals surface area (Å²) in [5.41, 5.74) is 3.48. The van der Waals surface area contributed by atoms with Crippen molar-refractivity contribution in [3.05, 3.63) is 63.6 Å². The van der Waals surface area contributed by atoms with Gasteiger partial charge in [-0.2, -0.15) is 0 Å². The quantitative estimate of drug-likeness (QED) is 0.712. The molecule has 0 bridgehead atoms. The lowest BCUT2D eigenvalue weighted by Gasteiger charge is -2.16. The van der Waals surface area contributed by atoms with Crippen molar-refractivity contribution in [2.75, 3.05) is 0 Å². The van der Waals surface area contributed by atoms with Gasteiger partial charge in [0, 0.05) is 4.47 Å². The van der Waals surface area contributed by atoms with Crippen LogP contribution in [0.1, 0.15) is 48.5 Å². The molecule has 0 amide bonds. The molecule has 2 aromatic rings. The monoisotopic (exact) mass is 398 g/mol. The highest BCUT2D eigenvalue weighted by Crippen LogP contribution is 2.36. The maximum atomic E-state index is 11.0. The molecular weight excluding hydrogens is 380 g/mol. The number of halogens is 1. The van der Waals surface area contributed by atoms with Crippen LogP contribution in [0.2, 0.25) is 0 Å². The minimum atomic E-state index is -0.846. The van der Waals surface area contributed by atoms with Crippen LogP contribution < -0.4 is 4.74 Å². The Bertz CT molecular complexity index is 830. The van der Waals surface area contributed by atoms with Gasteiger partial charge in [-0.05, 0) is 60.7 Å². The number of hydrogen-bond acceptors (Lipinski definition) is 2. The van der Waals surface area contributed by atoms with Crippen LogP contribution in [0.3, 0.4) is 0 Å². The smallest absolute Gasteiger partial charge is 0.304 e. The standard InChI is InChI=1S/C21H19BrO3/c1-2-3-15(13-21(23)24)14-4-8-18(9-5-14)25-20-11-6-16-12-17(22)7-10-19(16)20/h4-5,7-10,12,15,20H,6,11,13H2,1H3,(H,23,24)/t15?,20-/m1/s1. The first kappa shape index (κ1) is 17.6. The van der Waals surface area contributed by atoms with Gasteiger partial charge in [0.1, 0.15) is 11.9 Å². The number of aliphatic carboxylic acids is 1. The van der Waals surface area contributed by atoms with Gasteiger partial charge in [0.15, 0.2) is 0 Å². The van der Waals surface area contributed by atoms with Crippen molar-refractivity contribution in [3.63, 3.8) is 0 Å². The lowest BCUT2D eigenvalue weighted by atomic mass is 9.96. The van der Waals surface area contributed by atoms with Gasteiger partial charge in [-0.25, -0.2) is 0 Å². The van der Waals surface area contributed by atoms with E-state index in [1.807, 2.05) is 30.3 Å². The molecule has 25 heavy (non-hydrogen) atoms. The van der Waals surface area contributed by atoms with Crippen LogP contribution in [0.5, 0.6) is 5.75 Å². The largest absolute Gasteiger partial charge is 0.486 e. The fourth-order valence-corrected chi connectivity index (χ4v) is 3.62. The van der Waals surface area contributed by atoms with E-state index in [9.17, 15) is 4.79 Å². The minimum absolute atomic E-state index is 0.00587. The molecule has 0 saturated carbocycles. The Morgan fingerprint density at radius 3 is 2.76 bits per heavy atom. The van der Waals surface area contributed by atoms with E-state index in [-0.39, 0.29) is 18.4 Å². The lowest BCUT2D eigenvalue weighted by molar-refractivity contribution is -0.137. The molecule has 0 saturated heterocycles. The Labute approximate surface area is 156 Å². The number of carbonyl (C=O) groups is 1. The molecule has 0 aromatic heterocycles. The Morgan fingerprint density at radius 2 is 2.08 bits per heavy atom. The summed E-state index contributed by atoms with van der Waals surface area (Å²) in [7, 11) is 0. The topological polar surface area (TPSA) is 46.5 Å². The number of fused-ring (bicyclic) bond motifs is 1. The fraction of sp³-hybridized carbons (Fsp3) is 0.286. The predicted octanol–water partition coefficient (Wildman–Crippen LogP) is 5.10. The van der Waals surface area contributed by atoms with Crippen LogP contribution in [0, 0.1) is 11.8 Å². The second-order valence-electron chi connectivity index (χ2n) is 6.10. The highest BCUT2D eigenvalue weighted by Gasteiger charge is 2.24. The molecule has 0 fully saturated rings. The first-order valence-corrected chi connectivity index (χ1v) is 9.05. The van der Waals surface area contributed by atoms with E-state index >= 15 is 0 Å². The molecule has 128 valence electrons. The summed E-state index contributed by atoms with van der Waals surface area (Å²) in [4.78, 5) is 11.0. The van der Waals surface area contributed by atoms with Gasteiger partial charge in [0.05, 0.1) is 12.3 Å². The normalized spacial score (nSPS) is 16.5. The third-order valence-corrected chi connectivity index (χ3v) is 4.88. The number of ether oxygens (including phenoxy) is 1. The summed E-state index contributed by atoms with van der Waals surface area (Å²) in [6.45, 7) is 1.72. The van der Waals surface area contributed by atoms with E-state index in [4.69, 9.17) is 9.84 Å². The van der Waals surface area contributed by atoms with Crippen LogP contribution in [0.25, 0.3) is 0 Å². The van der Waals surface area contributed by atoms with Crippen LogP contribution >= 0.6 is 15.9 Å². The summed E-state index contributed by atoms with van der Waals surface area (Å²) < 4.78 is 7.24. The zero-order chi connectivity index (χ0) is 17.8. The molecule has 0 aliphatic heterocycles. The number of carboxylic acids is 1. The van der Waals surface area contributed by atoms with Gasteiger partial charge >= 0.3 is 5.97 Å². The first-order chi connectivity index (χ1) is 12.1. The zero-order valence-corrected chi connectivity index (χ0v) is 15.5. The molecule has 3 rings (SSSR count). The minimum Gasteiger partial charge on any atom is -0.486 e. The van der Waals surface area contributed by atoms with Gasteiger partial charge in [-0.15, -0.1) is 5.92 Å². The van der Waals surface area contributed by atoms with Crippen LogP contribution in [-0.2, 0) is 11.2 Å². The van der Waals surface area contributed by atoms with Crippen molar-refractivity contribution in [2.24, 2.45) is 0 Å². The maximum Gasteiger partial charge on any atom is 0.304 e. The summed E-state index contributed by atoms with van der Waals surface area (Å²) in [5, 5.41) is 9.03. The number of rotatable bonds is 5. The molecule has 2 atom stereocenters. The summed E-state index contributed by atoms with van der Waals surface area (Å²) in [6.07, 6.45) is 2.06. The van der Waals surface area contributed by atoms with Crippen molar-refractivity contribution in [2.45, 2.75) is 38.2 Å². The number of hydrogen-bond donors (Lipinski definition) is 1. The fourth-order valence-electron chi connectivity index (χ4n) is 3.21. The van der Waals surface area contributed by atoms with E-state index in [0.29, 0.717) is 0 Å².